The van der Waals surface area contributed by atoms with Crippen molar-refractivity contribution < 1.29 is 17.4 Å². The van der Waals surface area contributed by atoms with Gasteiger partial charge in [0.1, 0.15) is 5.82 Å². The summed E-state index contributed by atoms with van der Waals surface area (Å²) in [4.78, 5) is 8.01. The van der Waals surface area contributed by atoms with Crippen LogP contribution in [-0.4, -0.2) is 34.4 Å². The van der Waals surface area contributed by atoms with Gasteiger partial charge in [0.15, 0.2) is 5.76 Å². The Bertz CT molecular complexity index is 1350. The van der Waals surface area contributed by atoms with Crippen molar-refractivity contribution >= 4 is 21.1 Å². The van der Waals surface area contributed by atoms with Crippen LogP contribution in [0.15, 0.2) is 44.4 Å². The molecule has 0 amide bonds. The van der Waals surface area contributed by atoms with E-state index in [4.69, 9.17) is 13.9 Å². The molecule has 0 aliphatic carbocycles. The Morgan fingerprint density at radius 1 is 1.17 bits per heavy atom. The maximum atomic E-state index is 13.4. The number of para-hydroxylation sites is 1. The molecule has 4 heterocycles. The van der Waals surface area contributed by atoms with Crippen LogP contribution in [-0.2, 0) is 10.0 Å². The van der Waals surface area contributed by atoms with Gasteiger partial charge >= 0.3 is 0 Å². The summed E-state index contributed by atoms with van der Waals surface area (Å²) in [5.41, 5.74) is 4.39. The maximum Gasteiger partial charge on any atom is 0.277 e. The number of hydrogen-bond donors (Lipinski definition) is 1. The van der Waals surface area contributed by atoms with E-state index in [0.29, 0.717) is 30.3 Å². The summed E-state index contributed by atoms with van der Waals surface area (Å²) in [6.07, 6.45) is 1.46. The number of aromatic nitrogens is 3. The molecule has 4 aromatic rings. The third-order valence-corrected chi connectivity index (χ3v) is 7.56. The number of imidazole rings is 1. The molecule has 8 nitrogen and oxygen atoms in total. The van der Waals surface area contributed by atoms with E-state index in [-0.39, 0.29) is 11.1 Å². The summed E-state index contributed by atoms with van der Waals surface area (Å²) in [7, 11) is -3.83. The largest absolute Gasteiger partial charge is 0.440 e. The number of aromatic amines is 1. The predicted molar refractivity (Wildman–Crippen MR) is 110 cm³/mol. The van der Waals surface area contributed by atoms with Gasteiger partial charge in [0.2, 0.25) is 10.9 Å². The number of sulfonamides is 1. The van der Waals surface area contributed by atoms with Crippen LogP contribution < -0.4 is 0 Å². The minimum Gasteiger partial charge on any atom is -0.440 e. The molecule has 0 radical (unpaired) electrons. The summed E-state index contributed by atoms with van der Waals surface area (Å²) in [5, 5.41) is 3.81. The van der Waals surface area contributed by atoms with Crippen LogP contribution in [0.4, 0.5) is 0 Å². The Balaban J connectivity index is 1.50. The van der Waals surface area contributed by atoms with Crippen molar-refractivity contribution in [2.24, 2.45) is 0 Å². The lowest BCUT2D eigenvalue weighted by molar-refractivity contribution is 0.358. The smallest absolute Gasteiger partial charge is 0.277 e. The average molecular weight is 426 g/mol. The highest BCUT2D eigenvalue weighted by Crippen LogP contribution is 2.38. The van der Waals surface area contributed by atoms with Crippen molar-refractivity contribution in [3.8, 4) is 11.5 Å². The van der Waals surface area contributed by atoms with Crippen LogP contribution in [0.25, 0.3) is 22.6 Å². The topological polar surface area (TPSA) is 105 Å². The summed E-state index contributed by atoms with van der Waals surface area (Å²) >= 11 is 0. The zero-order valence-electron chi connectivity index (χ0n) is 17.0. The van der Waals surface area contributed by atoms with Crippen LogP contribution in [0.1, 0.15) is 41.5 Å². The molecular weight excluding hydrogens is 404 g/mol. The van der Waals surface area contributed by atoms with Gasteiger partial charge in [-0.1, -0.05) is 17.3 Å². The third-order valence-electron chi connectivity index (χ3n) is 5.78. The predicted octanol–water partition coefficient (Wildman–Crippen LogP) is 4.26. The Kier molecular flexibility index (Phi) is 4.33. The number of nitrogens with one attached hydrogen (secondary N) is 1. The fourth-order valence-electron chi connectivity index (χ4n) is 4.00. The number of furan rings is 1. The molecule has 0 saturated carbocycles. The van der Waals surface area contributed by atoms with Gasteiger partial charge in [-0.15, -0.1) is 0 Å². The highest BCUT2D eigenvalue weighted by atomic mass is 32.2. The van der Waals surface area contributed by atoms with E-state index in [0.717, 1.165) is 34.3 Å². The van der Waals surface area contributed by atoms with Gasteiger partial charge in [-0.05, 0) is 57.4 Å². The van der Waals surface area contributed by atoms with E-state index in [9.17, 15) is 8.42 Å². The zero-order chi connectivity index (χ0) is 21.0. The Hall–Kier alpha value is -2.91. The Morgan fingerprint density at radius 3 is 2.73 bits per heavy atom. The molecule has 1 aliphatic rings. The van der Waals surface area contributed by atoms with Crippen molar-refractivity contribution in [1.82, 2.24) is 19.4 Å². The molecule has 9 heteroatoms. The average Bonchev–Trinajstić information content (AvgIpc) is 3.48. The van der Waals surface area contributed by atoms with Gasteiger partial charge in [0.05, 0.1) is 22.8 Å². The fourth-order valence-corrected chi connectivity index (χ4v) is 5.57. The van der Waals surface area contributed by atoms with Crippen LogP contribution >= 0.6 is 0 Å². The third kappa shape index (κ3) is 2.88. The number of hydrogen-bond acceptors (Lipinski definition) is 6. The quantitative estimate of drug-likeness (QED) is 0.523. The van der Waals surface area contributed by atoms with E-state index >= 15 is 0 Å². The van der Waals surface area contributed by atoms with Crippen LogP contribution in [0.5, 0.6) is 0 Å². The van der Waals surface area contributed by atoms with Crippen molar-refractivity contribution in [3.63, 3.8) is 0 Å². The monoisotopic (exact) mass is 426 g/mol. The maximum absolute atomic E-state index is 13.4. The van der Waals surface area contributed by atoms with Gasteiger partial charge < -0.3 is 13.9 Å². The lowest BCUT2D eigenvalue weighted by atomic mass is 10.2. The van der Waals surface area contributed by atoms with Crippen molar-refractivity contribution in [1.29, 1.82) is 0 Å². The molecule has 1 unspecified atom stereocenters. The van der Waals surface area contributed by atoms with Gasteiger partial charge in [-0.25, -0.2) is 13.4 Å². The van der Waals surface area contributed by atoms with Crippen LogP contribution in [0, 0.1) is 20.8 Å². The lowest BCUT2D eigenvalue weighted by Crippen LogP contribution is -2.31. The highest BCUT2D eigenvalue weighted by Gasteiger charge is 2.39. The lowest BCUT2D eigenvalue weighted by Gasteiger charge is -2.21. The summed E-state index contributed by atoms with van der Waals surface area (Å²) in [5.74, 6) is 1.45. The molecule has 1 N–H and O–H groups in total. The molecule has 30 heavy (non-hydrogen) atoms. The van der Waals surface area contributed by atoms with Gasteiger partial charge in [0, 0.05) is 12.1 Å². The minimum absolute atomic E-state index is 0.106. The van der Waals surface area contributed by atoms with Crippen LogP contribution in [0.2, 0.25) is 0 Å². The standard InChI is InChI=1S/C21H22N4O4S/c1-12-6-4-7-15-19(12)23-21(22-15)16-8-5-11-25(16)30(26,27)18-10-9-17(28-18)20-13(2)14(3)24-29-20/h4,6-7,9-10,16H,5,8,11H2,1-3H3,(H,22,23). The molecule has 0 spiro atoms. The number of H-pyrrole nitrogens is 1. The number of fused-ring (bicyclic) bond motifs is 1. The number of rotatable bonds is 4. The van der Waals surface area contributed by atoms with E-state index in [2.05, 4.69) is 10.1 Å². The minimum atomic E-state index is -3.83. The second-order valence-electron chi connectivity index (χ2n) is 7.71. The van der Waals surface area contributed by atoms with E-state index in [1.807, 2.05) is 39.0 Å². The second-order valence-corrected chi connectivity index (χ2v) is 9.53. The SMILES string of the molecule is Cc1noc(-c2ccc(S(=O)(=O)N3CCCC3c3nc4c(C)cccc4[nH]3)o2)c1C. The van der Waals surface area contributed by atoms with Gasteiger partial charge in [-0.3, -0.25) is 0 Å². The van der Waals surface area contributed by atoms with E-state index in [1.165, 1.54) is 10.4 Å². The molecule has 1 atom stereocenters. The second kappa shape index (κ2) is 6.82. The van der Waals surface area contributed by atoms with E-state index in [1.54, 1.807) is 6.07 Å². The van der Waals surface area contributed by atoms with Crippen molar-refractivity contribution in [2.45, 2.75) is 44.7 Å². The Labute approximate surface area is 173 Å². The van der Waals surface area contributed by atoms with Crippen LogP contribution in [0.3, 0.4) is 0 Å². The van der Waals surface area contributed by atoms with Gasteiger partial charge in [0.25, 0.3) is 10.0 Å². The first kappa shape index (κ1) is 19.1. The normalized spacial score (nSPS) is 17.9. The summed E-state index contributed by atoms with van der Waals surface area (Å²) in [6.45, 7) is 6.10. The van der Waals surface area contributed by atoms with Crippen molar-refractivity contribution in [2.75, 3.05) is 6.54 Å². The molecule has 1 saturated heterocycles. The van der Waals surface area contributed by atoms with E-state index < -0.39 is 10.0 Å². The molecule has 5 rings (SSSR count). The summed E-state index contributed by atoms with van der Waals surface area (Å²) in [6, 6.07) is 8.63. The number of benzene rings is 1. The first-order valence-electron chi connectivity index (χ1n) is 9.86. The number of nitrogens with zero attached hydrogens (tertiary/aromatic N) is 3. The first-order valence-corrected chi connectivity index (χ1v) is 11.3. The highest BCUT2D eigenvalue weighted by molar-refractivity contribution is 7.89. The molecular formula is C21H22N4O4S. The molecule has 1 aliphatic heterocycles. The summed E-state index contributed by atoms with van der Waals surface area (Å²) < 4.78 is 39.2. The van der Waals surface area contributed by atoms with Gasteiger partial charge in [-0.2, -0.15) is 4.31 Å². The Morgan fingerprint density at radius 2 is 2.00 bits per heavy atom. The molecule has 1 fully saturated rings. The molecule has 1 aromatic carbocycles. The zero-order valence-corrected chi connectivity index (χ0v) is 17.8. The van der Waals surface area contributed by atoms with Crippen molar-refractivity contribution in [3.05, 3.63) is 53.0 Å². The molecule has 156 valence electrons. The molecule has 3 aromatic heterocycles. The number of aryl methyl sites for hydroxylation is 2. The fraction of sp³-hybridized carbons (Fsp3) is 0.333. The first-order chi connectivity index (χ1) is 14.4. The molecule has 0 bridgehead atoms.